The van der Waals surface area contributed by atoms with Crippen LogP contribution in [0.2, 0.25) is 0 Å². The van der Waals surface area contributed by atoms with Crippen molar-refractivity contribution in [3.63, 3.8) is 0 Å². The van der Waals surface area contributed by atoms with E-state index in [1.165, 1.54) is 6.20 Å². The van der Waals surface area contributed by atoms with E-state index in [4.69, 9.17) is 9.84 Å². The van der Waals surface area contributed by atoms with Gasteiger partial charge in [-0.25, -0.2) is 9.78 Å². The van der Waals surface area contributed by atoms with Crippen LogP contribution >= 0.6 is 0 Å². The van der Waals surface area contributed by atoms with Crippen LogP contribution in [-0.4, -0.2) is 28.6 Å². The van der Waals surface area contributed by atoms with Crippen LogP contribution in [0.25, 0.3) is 0 Å². The number of esters is 1. The van der Waals surface area contributed by atoms with Crippen molar-refractivity contribution >= 4 is 17.8 Å². The molecular formula is C13H16N2O4. The predicted octanol–water partition coefficient (Wildman–Crippen LogP) is 1.81. The number of aromatic nitrogens is 1. The number of ether oxygens (including phenoxy) is 1. The predicted molar refractivity (Wildman–Crippen MR) is 69.4 cm³/mol. The molecule has 1 aromatic rings. The SMILES string of the molecule is CCOC(=O)CC/C(=C/Nc1ccccn1)C(=O)O. The van der Waals surface area contributed by atoms with Crippen molar-refractivity contribution in [1.82, 2.24) is 4.98 Å². The second-order valence-corrected chi connectivity index (χ2v) is 3.64. The number of carboxylic acid groups (broad SMARTS) is 1. The van der Waals surface area contributed by atoms with Gasteiger partial charge in [-0.1, -0.05) is 6.07 Å². The molecule has 0 aliphatic carbocycles. The average Bonchev–Trinajstić information content (AvgIpc) is 2.39. The summed E-state index contributed by atoms with van der Waals surface area (Å²) in [5, 5.41) is 11.8. The maximum atomic E-state index is 11.2. The molecule has 1 heterocycles. The Hall–Kier alpha value is -2.37. The van der Waals surface area contributed by atoms with E-state index in [9.17, 15) is 9.59 Å². The highest BCUT2D eigenvalue weighted by Crippen LogP contribution is 2.08. The summed E-state index contributed by atoms with van der Waals surface area (Å²) in [6.45, 7) is 1.99. The number of pyridine rings is 1. The summed E-state index contributed by atoms with van der Waals surface area (Å²) in [6.07, 6.45) is 3.07. The topological polar surface area (TPSA) is 88.5 Å². The van der Waals surface area contributed by atoms with Crippen LogP contribution in [0.5, 0.6) is 0 Å². The maximum Gasteiger partial charge on any atom is 0.333 e. The van der Waals surface area contributed by atoms with Crippen LogP contribution in [0.4, 0.5) is 5.82 Å². The number of nitrogens with zero attached hydrogens (tertiary/aromatic N) is 1. The fraction of sp³-hybridized carbons (Fsp3) is 0.308. The Bertz CT molecular complexity index is 457. The molecule has 0 saturated carbocycles. The molecule has 0 aromatic carbocycles. The van der Waals surface area contributed by atoms with Gasteiger partial charge >= 0.3 is 11.9 Å². The van der Waals surface area contributed by atoms with Gasteiger partial charge in [0, 0.05) is 18.8 Å². The highest BCUT2D eigenvalue weighted by Gasteiger charge is 2.10. The Morgan fingerprint density at radius 3 is 2.79 bits per heavy atom. The quantitative estimate of drug-likeness (QED) is 0.576. The van der Waals surface area contributed by atoms with Crippen LogP contribution in [-0.2, 0) is 14.3 Å². The number of carboxylic acids is 1. The Morgan fingerprint density at radius 1 is 1.42 bits per heavy atom. The molecule has 6 heteroatoms. The van der Waals surface area contributed by atoms with Crippen molar-refractivity contribution in [3.8, 4) is 0 Å². The lowest BCUT2D eigenvalue weighted by Crippen LogP contribution is -2.09. The van der Waals surface area contributed by atoms with Crippen LogP contribution in [0.15, 0.2) is 36.2 Å². The van der Waals surface area contributed by atoms with Crippen LogP contribution in [0.1, 0.15) is 19.8 Å². The summed E-state index contributed by atoms with van der Waals surface area (Å²) < 4.78 is 4.74. The average molecular weight is 264 g/mol. The maximum absolute atomic E-state index is 11.2. The van der Waals surface area contributed by atoms with E-state index in [0.717, 1.165) is 0 Å². The molecule has 6 nitrogen and oxygen atoms in total. The van der Waals surface area contributed by atoms with Crippen molar-refractivity contribution in [1.29, 1.82) is 0 Å². The van der Waals surface area contributed by atoms with Gasteiger partial charge in [-0.2, -0.15) is 0 Å². The van der Waals surface area contributed by atoms with Gasteiger partial charge in [0.25, 0.3) is 0 Å². The zero-order valence-corrected chi connectivity index (χ0v) is 10.6. The number of carbonyl (C=O) groups is 2. The minimum atomic E-state index is -1.08. The van der Waals surface area contributed by atoms with E-state index >= 15 is 0 Å². The molecule has 0 saturated heterocycles. The lowest BCUT2D eigenvalue weighted by Gasteiger charge is -2.04. The third kappa shape index (κ3) is 5.67. The summed E-state index contributed by atoms with van der Waals surface area (Å²) in [5.74, 6) is -0.947. The highest BCUT2D eigenvalue weighted by atomic mass is 16.5. The van der Waals surface area contributed by atoms with Gasteiger partial charge in [-0.05, 0) is 25.5 Å². The lowest BCUT2D eigenvalue weighted by molar-refractivity contribution is -0.143. The Morgan fingerprint density at radius 2 is 2.21 bits per heavy atom. The Balaban J connectivity index is 2.57. The fourth-order valence-electron chi connectivity index (χ4n) is 1.32. The molecule has 102 valence electrons. The highest BCUT2D eigenvalue weighted by molar-refractivity contribution is 5.87. The third-order valence-corrected chi connectivity index (χ3v) is 2.24. The monoisotopic (exact) mass is 264 g/mol. The summed E-state index contributed by atoms with van der Waals surface area (Å²) in [5.41, 5.74) is 0.0960. The van der Waals surface area contributed by atoms with Crippen molar-refractivity contribution in [2.45, 2.75) is 19.8 Å². The molecule has 0 spiro atoms. The van der Waals surface area contributed by atoms with Gasteiger partial charge < -0.3 is 15.2 Å². The first kappa shape index (κ1) is 14.7. The van der Waals surface area contributed by atoms with Crippen LogP contribution < -0.4 is 5.32 Å². The molecule has 0 unspecified atom stereocenters. The first-order chi connectivity index (χ1) is 9.13. The second-order valence-electron chi connectivity index (χ2n) is 3.64. The molecule has 0 radical (unpaired) electrons. The smallest absolute Gasteiger partial charge is 0.333 e. The van der Waals surface area contributed by atoms with Crippen molar-refractivity contribution in [3.05, 3.63) is 36.2 Å². The van der Waals surface area contributed by atoms with Gasteiger partial charge in [-0.3, -0.25) is 4.79 Å². The minimum absolute atomic E-state index is 0.0376. The number of carbonyl (C=O) groups excluding carboxylic acids is 1. The van der Waals surface area contributed by atoms with Gasteiger partial charge in [0.15, 0.2) is 0 Å². The molecule has 1 rings (SSSR count). The molecular weight excluding hydrogens is 248 g/mol. The number of aliphatic carboxylic acids is 1. The van der Waals surface area contributed by atoms with Gasteiger partial charge in [0.1, 0.15) is 5.82 Å². The molecule has 0 aliphatic rings. The van der Waals surface area contributed by atoms with Gasteiger partial charge in [-0.15, -0.1) is 0 Å². The van der Waals surface area contributed by atoms with E-state index < -0.39 is 11.9 Å². The minimum Gasteiger partial charge on any atom is -0.478 e. The number of anilines is 1. The molecule has 0 atom stereocenters. The fourth-order valence-corrected chi connectivity index (χ4v) is 1.32. The summed E-state index contributed by atoms with van der Waals surface area (Å²) in [4.78, 5) is 26.2. The number of hydrogen-bond acceptors (Lipinski definition) is 5. The van der Waals surface area contributed by atoms with E-state index in [1.807, 2.05) is 0 Å². The van der Waals surface area contributed by atoms with Crippen molar-refractivity contribution in [2.75, 3.05) is 11.9 Å². The van der Waals surface area contributed by atoms with Gasteiger partial charge in [0.2, 0.25) is 0 Å². The van der Waals surface area contributed by atoms with Crippen LogP contribution in [0.3, 0.4) is 0 Å². The Kier molecular flexibility index (Phi) is 6.08. The molecule has 0 aliphatic heterocycles. The molecule has 19 heavy (non-hydrogen) atoms. The lowest BCUT2D eigenvalue weighted by atomic mass is 10.1. The first-order valence-corrected chi connectivity index (χ1v) is 5.89. The van der Waals surface area contributed by atoms with E-state index in [0.29, 0.717) is 5.82 Å². The van der Waals surface area contributed by atoms with Crippen LogP contribution in [0, 0.1) is 0 Å². The molecule has 2 N–H and O–H groups in total. The number of nitrogens with one attached hydrogen (secondary N) is 1. The van der Waals surface area contributed by atoms with Gasteiger partial charge in [0.05, 0.1) is 12.2 Å². The molecule has 0 fully saturated rings. The van der Waals surface area contributed by atoms with Crippen molar-refractivity contribution in [2.24, 2.45) is 0 Å². The van der Waals surface area contributed by atoms with E-state index in [2.05, 4.69) is 10.3 Å². The number of rotatable bonds is 7. The first-order valence-electron chi connectivity index (χ1n) is 5.89. The molecule has 1 aromatic heterocycles. The Labute approximate surface area is 111 Å². The summed E-state index contributed by atoms with van der Waals surface area (Å²) in [7, 11) is 0. The molecule has 0 bridgehead atoms. The normalized spacial score (nSPS) is 10.9. The summed E-state index contributed by atoms with van der Waals surface area (Å²) >= 11 is 0. The standard InChI is InChI=1S/C13H16N2O4/c1-2-19-12(16)7-6-10(13(17)18)9-15-11-5-3-4-8-14-11/h3-5,8-9H,2,6-7H2,1H3,(H,14,15)(H,17,18)/b10-9-. The number of hydrogen-bond donors (Lipinski definition) is 2. The van der Waals surface area contributed by atoms with E-state index in [-0.39, 0.29) is 25.0 Å². The zero-order valence-electron chi connectivity index (χ0n) is 10.6. The zero-order chi connectivity index (χ0) is 14.1. The second kappa shape index (κ2) is 7.86. The largest absolute Gasteiger partial charge is 0.478 e. The van der Waals surface area contributed by atoms with E-state index in [1.54, 1.807) is 31.3 Å². The van der Waals surface area contributed by atoms with Crippen molar-refractivity contribution < 1.29 is 19.4 Å². The molecule has 0 amide bonds. The third-order valence-electron chi connectivity index (χ3n) is 2.24. The summed E-state index contributed by atoms with van der Waals surface area (Å²) in [6, 6.07) is 5.25.